The minimum absolute atomic E-state index is 0.0149. The van der Waals surface area contributed by atoms with Gasteiger partial charge in [-0.25, -0.2) is 4.98 Å². The standard InChI is InChI=1S/C13H15N3OS/c1-2-5-15(8-10-3-4-10)12-11(9-17)16-6-7-18-13(16)14-12/h1,6-7,10,17H,3-5,8-9H2. The molecule has 2 aromatic rings. The van der Waals surface area contributed by atoms with E-state index in [9.17, 15) is 5.11 Å². The summed E-state index contributed by atoms with van der Waals surface area (Å²) >= 11 is 1.57. The van der Waals surface area contributed by atoms with Crippen molar-refractivity contribution in [2.75, 3.05) is 18.0 Å². The van der Waals surface area contributed by atoms with Crippen molar-refractivity contribution < 1.29 is 5.11 Å². The van der Waals surface area contributed by atoms with Crippen LogP contribution in [0.2, 0.25) is 0 Å². The van der Waals surface area contributed by atoms with Gasteiger partial charge in [0.05, 0.1) is 18.8 Å². The topological polar surface area (TPSA) is 40.8 Å². The molecule has 2 aromatic heterocycles. The van der Waals surface area contributed by atoms with E-state index in [0.29, 0.717) is 6.54 Å². The quantitative estimate of drug-likeness (QED) is 0.833. The molecule has 0 bridgehead atoms. The second-order valence-corrected chi connectivity index (χ2v) is 5.50. The van der Waals surface area contributed by atoms with Gasteiger partial charge in [0.2, 0.25) is 0 Å². The zero-order valence-electron chi connectivity index (χ0n) is 10.0. The van der Waals surface area contributed by atoms with Gasteiger partial charge < -0.3 is 10.0 Å². The Kier molecular flexibility index (Phi) is 2.98. The Morgan fingerprint density at radius 1 is 1.61 bits per heavy atom. The maximum absolute atomic E-state index is 9.56. The number of rotatable bonds is 5. The number of aliphatic hydroxyl groups is 1. The molecule has 1 fully saturated rings. The van der Waals surface area contributed by atoms with Crippen LogP contribution in [0.4, 0.5) is 5.82 Å². The highest BCUT2D eigenvalue weighted by molar-refractivity contribution is 7.15. The third-order valence-electron chi connectivity index (χ3n) is 3.25. The van der Waals surface area contributed by atoms with Gasteiger partial charge in [-0.15, -0.1) is 17.8 Å². The molecule has 94 valence electrons. The van der Waals surface area contributed by atoms with E-state index in [2.05, 4.69) is 15.8 Å². The normalized spacial score (nSPS) is 14.9. The summed E-state index contributed by atoms with van der Waals surface area (Å²) < 4.78 is 1.94. The SMILES string of the molecule is C#CCN(CC1CC1)c1nc2sccn2c1CO. The van der Waals surface area contributed by atoms with Crippen LogP contribution in [0.15, 0.2) is 11.6 Å². The lowest BCUT2D eigenvalue weighted by Crippen LogP contribution is -2.27. The molecule has 18 heavy (non-hydrogen) atoms. The Labute approximate surface area is 110 Å². The minimum atomic E-state index is -0.0149. The van der Waals surface area contributed by atoms with E-state index in [0.717, 1.165) is 28.9 Å². The Morgan fingerprint density at radius 3 is 3.11 bits per heavy atom. The fourth-order valence-corrected chi connectivity index (χ4v) is 2.90. The van der Waals surface area contributed by atoms with Crippen molar-refractivity contribution in [2.24, 2.45) is 5.92 Å². The number of imidazole rings is 1. The summed E-state index contributed by atoms with van der Waals surface area (Å²) in [6, 6.07) is 0. The summed E-state index contributed by atoms with van der Waals surface area (Å²) in [4.78, 5) is 7.62. The smallest absolute Gasteiger partial charge is 0.195 e. The molecule has 1 aliphatic carbocycles. The average Bonchev–Trinajstić information content (AvgIpc) is 2.94. The molecule has 0 unspecified atom stereocenters. The van der Waals surface area contributed by atoms with E-state index >= 15 is 0 Å². The van der Waals surface area contributed by atoms with Gasteiger partial charge in [0, 0.05) is 18.1 Å². The van der Waals surface area contributed by atoms with Crippen LogP contribution in [-0.2, 0) is 6.61 Å². The first kappa shape index (κ1) is 11.6. The van der Waals surface area contributed by atoms with Crippen molar-refractivity contribution in [3.05, 3.63) is 17.3 Å². The van der Waals surface area contributed by atoms with Gasteiger partial charge in [-0.2, -0.15) is 0 Å². The first-order valence-electron chi connectivity index (χ1n) is 6.07. The predicted octanol–water partition coefficient (Wildman–Crippen LogP) is 1.74. The molecular formula is C13H15N3OS. The lowest BCUT2D eigenvalue weighted by atomic mass is 10.3. The van der Waals surface area contributed by atoms with E-state index in [-0.39, 0.29) is 6.61 Å². The highest BCUT2D eigenvalue weighted by atomic mass is 32.1. The van der Waals surface area contributed by atoms with Crippen molar-refractivity contribution in [1.82, 2.24) is 9.38 Å². The zero-order chi connectivity index (χ0) is 12.5. The Balaban J connectivity index is 1.98. The summed E-state index contributed by atoms with van der Waals surface area (Å²) in [7, 11) is 0. The lowest BCUT2D eigenvalue weighted by Gasteiger charge is -2.20. The summed E-state index contributed by atoms with van der Waals surface area (Å²) in [5.41, 5.74) is 0.835. The largest absolute Gasteiger partial charge is 0.390 e. The lowest BCUT2D eigenvalue weighted by molar-refractivity contribution is 0.276. The van der Waals surface area contributed by atoms with Crippen LogP contribution in [0.5, 0.6) is 0 Å². The van der Waals surface area contributed by atoms with Crippen LogP contribution in [0, 0.1) is 18.3 Å². The average molecular weight is 261 g/mol. The van der Waals surface area contributed by atoms with Gasteiger partial charge in [-0.1, -0.05) is 5.92 Å². The van der Waals surface area contributed by atoms with Gasteiger partial charge in [0.15, 0.2) is 10.8 Å². The number of hydrogen-bond donors (Lipinski definition) is 1. The molecule has 0 amide bonds. The van der Waals surface area contributed by atoms with Crippen LogP contribution in [-0.4, -0.2) is 27.6 Å². The van der Waals surface area contributed by atoms with Crippen LogP contribution in [0.1, 0.15) is 18.5 Å². The predicted molar refractivity (Wildman–Crippen MR) is 72.8 cm³/mol. The van der Waals surface area contributed by atoms with Crippen molar-refractivity contribution in [3.8, 4) is 12.3 Å². The van der Waals surface area contributed by atoms with E-state index in [1.165, 1.54) is 12.8 Å². The Hall–Kier alpha value is -1.51. The third kappa shape index (κ3) is 1.98. The Bertz CT molecular complexity index is 591. The molecule has 1 N–H and O–H groups in total. The van der Waals surface area contributed by atoms with Gasteiger partial charge in [-0.05, 0) is 18.8 Å². The molecule has 2 heterocycles. The molecule has 1 aliphatic rings. The maximum Gasteiger partial charge on any atom is 0.195 e. The summed E-state index contributed by atoms with van der Waals surface area (Å²) in [6.07, 6.45) is 9.93. The molecule has 0 aliphatic heterocycles. The number of hydrogen-bond acceptors (Lipinski definition) is 4. The molecule has 4 nitrogen and oxygen atoms in total. The van der Waals surface area contributed by atoms with E-state index in [1.807, 2.05) is 16.0 Å². The first-order chi connectivity index (χ1) is 8.83. The maximum atomic E-state index is 9.56. The molecule has 0 aromatic carbocycles. The number of fused-ring (bicyclic) bond motifs is 1. The van der Waals surface area contributed by atoms with Gasteiger partial charge >= 0.3 is 0 Å². The zero-order valence-corrected chi connectivity index (χ0v) is 10.9. The fourth-order valence-electron chi connectivity index (χ4n) is 2.17. The molecule has 5 heteroatoms. The summed E-state index contributed by atoms with van der Waals surface area (Å²) in [5, 5.41) is 11.5. The third-order valence-corrected chi connectivity index (χ3v) is 4.00. The van der Waals surface area contributed by atoms with Crippen molar-refractivity contribution in [1.29, 1.82) is 0 Å². The van der Waals surface area contributed by atoms with Crippen molar-refractivity contribution in [2.45, 2.75) is 19.4 Å². The van der Waals surface area contributed by atoms with Gasteiger partial charge in [-0.3, -0.25) is 4.40 Å². The molecule has 1 saturated carbocycles. The monoisotopic (exact) mass is 261 g/mol. The molecule has 0 radical (unpaired) electrons. The van der Waals surface area contributed by atoms with Crippen LogP contribution < -0.4 is 4.90 Å². The highest BCUT2D eigenvalue weighted by Gasteiger charge is 2.27. The second kappa shape index (κ2) is 4.63. The number of aromatic nitrogens is 2. The fraction of sp³-hybridized carbons (Fsp3) is 0.462. The van der Waals surface area contributed by atoms with Gasteiger partial charge in [0.25, 0.3) is 0 Å². The number of anilines is 1. The number of terminal acetylenes is 1. The number of nitrogens with zero attached hydrogens (tertiary/aromatic N) is 3. The van der Waals surface area contributed by atoms with Crippen LogP contribution >= 0.6 is 11.3 Å². The van der Waals surface area contributed by atoms with Crippen LogP contribution in [0.3, 0.4) is 0 Å². The molecule has 0 atom stereocenters. The minimum Gasteiger partial charge on any atom is -0.390 e. The molecule has 0 spiro atoms. The van der Waals surface area contributed by atoms with Crippen molar-refractivity contribution >= 4 is 22.1 Å². The highest BCUT2D eigenvalue weighted by Crippen LogP contribution is 2.32. The van der Waals surface area contributed by atoms with E-state index < -0.39 is 0 Å². The van der Waals surface area contributed by atoms with E-state index in [4.69, 9.17) is 6.42 Å². The second-order valence-electron chi connectivity index (χ2n) is 4.62. The van der Waals surface area contributed by atoms with Crippen molar-refractivity contribution in [3.63, 3.8) is 0 Å². The molecule has 3 rings (SSSR count). The number of aliphatic hydroxyl groups excluding tert-OH is 1. The number of thiazole rings is 1. The van der Waals surface area contributed by atoms with Gasteiger partial charge in [0.1, 0.15) is 0 Å². The summed E-state index contributed by atoms with van der Waals surface area (Å²) in [5.74, 6) is 4.27. The van der Waals surface area contributed by atoms with Crippen LogP contribution in [0.25, 0.3) is 4.96 Å². The molecule has 0 saturated heterocycles. The summed E-state index contributed by atoms with van der Waals surface area (Å²) in [6.45, 7) is 1.48. The molecular weight excluding hydrogens is 246 g/mol. The Morgan fingerprint density at radius 2 is 2.44 bits per heavy atom. The first-order valence-corrected chi connectivity index (χ1v) is 6.95. The van der Waals surface area contributed by atoms with E-state index in [1.54, 1.807) is 11.3 Å².